The van der Waals surface area contributed by atoms with E-state index >= 15 is 0 Å². The van der Waals surface area contributed by atoms with Crippen molar-refractivity contribution in [3.8, 4) is 5.88 Å². The number of nitrogens with two attached hydrogens (primary N) is 1. The highest BCUT2D eigenvalue weighted by molar-refractivity contribution is 5.36. The standard InChI is InChI=1S/C9H16N4O/c1-9(2,6-10)13-7-4-11-5-8(12-7)14-3/h4-5H,6,10H2,1-3H3,(H,12,13). The molecule has 0 aliphatic heterocycles. The van der Waals surface area contributed by atoms with E-state index in [0.717, 1.165) is 0 Å². The van der Waals surface area contributed by atoms with E-state index in [1.807, 2.05) is 13.8 Å². The summed E-state index contributed by atoms with van der Waals surface area (Å²) in [6.07, 6.45) is 3.19. The van der Waals surface area contributed by atoms with Gasteiger partial charge in [0.15, 0.2) is 0 Å². The molecule has 5 heteroatoms. The number of methoxy groups -OCH3 is 1. The molecule has 1 aromatic heterocycles. The molecule has 0 unspecified atom stereocenters. The fraction of sp³-hybridized carbons (Fsp3) is 0.556. The summed E-state index contributed by atoms with van der Waals surface area (Å²) >= 11 is 0. The second-order valence-electron chi connectivity index (χ2n) is 3.66. The summed E-state index contributed by atoms with van der Waals surface area (Å²) in [6.45, 7) is 4.51. The van der Waals surface area contributed by atoms with Gasteiger partial charge in [-0.3, -0.25) is 4.98 Å². The van der Waals surface area contributed by atoms with E-state index in [2.05, 4.69) is 15.3 Å². The normalized spacial score (nSPS) is 11.1. The maximum Gasteiger partial charge on any atom is 0.233 e. The Morgan fingerprint density at radius 3 is 2.79 bits per heavy atom. The van der Waals surface area contributed by atoms with E-state index in [1.165, 1.54) is 0 Å². The second-order valence-corrected chi connectivity index (χ2v) is 3.66. The molecular weight excluding hydrogens is 180 g/mol. The highest BCUT2D eigenvalue weighted by Gasteiger charge is 2.15. The lowest BCUT2D eigenvalue weighted by Gasteiger charge is -2.24. The largest absolute Gasteiger partial charge is 0.480 e. The number of hydrogen-bond donors (Lipinski definition) is 2. The number of aromatic nitrogens is 2. The first kappa shape index (κ1) is 10.7. The van der Waals surface area contributed by atoms with Gasteiger partial charge in [-0.2, -0.15) is 4.98 Å². The molecule has 0 fully saturated rings. The van der Waals surface area contributed by atoms with Crippen LogP contribution in [0.1, 0.15) is 13.8 Å². The van der Waals surface area contributed by atoms with Crippen molar-refractivity contribution < 1.29 is 4.74 Å². The van der Waals surface area contributed by atoms with Gasteiger partial charge in [-0.25, -0.2) is 0 Å². The van der Waals surface area contributed by atoms with Crippen LogP contribution in [-0.2, 0) is 0 Å². The molecule has 1 aromatic rings. The molecular formula is C9H16N4O. The maximum atomic E-state index is 5.58. The molecule has 0 amide bonds. The molecule has 3 N–H and O–H groups in total. The van der Waals surface area contributed by atoms with Crippen LogP contribution in [-0.4, -0.2) is 29.2 Å². The Hall–Kier alpha value is -1.36. The summed E-state index contributed by atoms with van der Waals surface area (Å²) in [5.74, 6) is 1.16. The molecule has 1 heterocycles. The predicted octanol–water partition coefficient (Wildman–Crippen LogP) is 0.634. The summed E-state index contributed by atoms with van der Waals surface area (Å²) in [6, 6.07) is 0. The molecule has 14 heavy (non-hydrogen) atoms. The summed E-state index contributed by atoms with van der Waals surface area (Å²) < 4.78 is 4.96. The lowest BCUT2D eigenvalue weighted by molar-refractivity contribution is 0.395. The van der Waals surface area contributed by atoms with Gasteiger partial charge in [0.25, 0.3) is 0 Å². The van der Waals surface area contributed by atoms with Crippen molar-refractivity contribution in [3.63, 3.8) is 0 Å². The molecule has 0 bridgehead atoms. The third-order valence-electron chi connectivity index (χ3n) is 1.80. The van der Waals surface area contributed by atoms with Crippen LogP contribution in [0.25, 0.3) is 0 Å². The van der Waals surface area contributed by atoms with Crippen molar-refractivity contribution >= 4 is 5.82 Å². The average Bonchev–Trinajstić information content (AvgIpc) is 2.17. The lowest BCUT2D eigenvalue weighted by Crippen LogP contribution is -2.39. The lowest BCUT2D eigenvalue weighted by atomic mass is 10.1. The van der Waals surface area contributed by atoms with Crippen molar-refractivity contribution in [2.45, 2.75) is 19.4 Å². The first-order valence-electron chi connectivity index (χ1n) is 4.42. The van der Waals surface area contributed by atoms with E-state index in [4.69, 9.17) is 10.5 Å². The summed E-state index contributed by atoms with van der Waals surface area (Å²) in [5, 5.41) is 3.16. The van der Waals surface area contributed by atoms with E-state index in [-0.39, 0.29) is 5.54 Å². The first-order valence-corrected chi connectivity index (χ1v) is 4.42. The minimum Gasteiger partial charge on any atom is -0.480 e. The minimum absolute atomic E-state index is 0.193. The smallest absolute Gasteiger partial charge is 0.233 e. The number of nitrogens with zero attached hydrogens (tertiary/aromatic N) is 2. The van der Waals surface area contributed by atoms with Crippen molar-refractivity contribution in [1.82, 2.24) is 9.97 Å². The van der Waals surface area contributed by atoms with Crippen LogP contribution in [0.15, 0.2) is 12.4 Å². The number of hydrogen-bond acceptors (Lipinski definition) is 5. The fourth-order valence-electron chi connectivity index (χ4n) is 0.904. The van der Waals surface area contributed by atoms with Gasteiger partial charge in [0.1, 0.15) is 5.82 Å². The van der Waals surface area contributed by atoms with Gasteiger partial charge in [-0.15, -0.1) is 0 Å². The van der Waals surface area contributed by atoms with Crippen molar-refractivity contribution in [3.05, 3.63) is 12.4 Å². The Kier molecular flexibility index (Phi) is 3.24. The molecule has 78 valence electrons. The Morgan fingerprint density at radius 2 is 2.21 bits per heavy atom. The molecule has 0 aromatic carbocycles. The van der Waals surface area contributed by atoms with E-state index in [0.29, 0.717) is 18.2 Å². The topological polar surface area (TPSA) is 73.1 Å². The number of nitrogens with one attached hydrogen (secondary N) is 1. The van der Waals surface area contributed by atoms with Gasteiger partial charge >= 0.3 is 0 Å². The molecule has 0 saturated heterocycles. The van der Waals surface area contributed by atoms with Crippen molar-refractivity contribution in [1.29, 1.82) is 0 Å². The van der Waals surface area contributed by atoms with Gasteiger partial charge in [0.05, 0.1) is 19.5 Å². The molecule has 1 rings (SSSR count). The highest BCUT2D eigenvalue weighted by Crippen LogP contribution is 2.13. The van der Waals surface area contributed by atoms with Gasteiger partial charge in [-0.1, -0.05) is 0 Å². The zero-order valence-electron chi connectivity index (χ0n) is 8.74. The Bertz CT molecular complexity index is 301. The molecule has 0 atom stereocenters. The van der Waals surface area contributed by atoms with E-state index in [1.54, 1.807) is 19.5 Å². The summed E-state index contributed by atoms with van der Waals surface area (Å²) in [5.41, 5.74) is 5.39. The zero-order chi connectivity index (χ0) is 10.6. The molecule has 0 aliphatic carbocycles. The van der Waals surface area contributed by atoms with Gasteiger partial charge in [0.2, 0.25) is 5.88 Å². The fourth-order valence-corrected chi connectivity index (χ4v) is 0.904. The van der Waals surface area contributed by atoms with Crippen LogP contribution in [0.4, 0.5) is 5.82 Å². The van der Waals surface area contributed by atoms with Crippen molar-refractivity contribution in [2.24, 2.45) is 5.73 Å². The third kappa shape index (κ3) is 2.85. The predicted molar refractivity (Wildman–Crippen MR) is 55.3 cm³/mol. The van der Waals surface area contributed by atoms with Crippen LogP contribution in [0, 0.1) is 0 Å². The number of anilines is 1. The molecule has 0 spiro atoms. The van der Waals surface area contributed by atoms with Crippen LogP contribution in [0.5, 0.6) is 5.88 Å². The molecule has 0 radical (unpaired) electrons. The van der Waals surface area contributed by atoms with Gasteiger partial charge < -0.3 is 15.8 Å². The van der Waals surface area contributed by atoms with E-state index in [9.17, 15) is 0 Å². The maximum absolute atomic E-state index is 5.58. The zero-order valence-corrected chi connectivity index (χ0v) is 8.74. The minimum atomic E-state index is -0.193. The monoisotopic (exact) mass is 196 g/mol. The van der Waals surface area contributed by atoms with Gasteiger partial charge in [0, 0.05) is 12.1 Å². The Labute approximate surface area is 83.7 Å². The van der Waals surface area contributed by atoms with E-state index < -0.39 is 0 Å². The first-order chi connectivity index (χ1) is 6.57. The molecule has 5 nitrogen and oxygen atoms in total. The third-order valence-corrected chi connectivity index (χ3v) is 1.80. The van der Waals surface area contributed by atoms with Crippen LogP contribution in [0.2, 0.25) is 0 Å². The quantitative estimate of drug-likeness (QED) is 0.739. The second kappa shape index (κ2) is 4.23. The number of ether oxygens (including phenoxy) is 1. The average molecular weight is 196 g/mol. The highest BCUT2D eigenvalue weighted by atomic mass is 16.5. The van der Waals surface area contributed by atoms with Crippen LogP contribution in [0.3, 0.4) is 0 Å². The van der Waals surface area contributed by atoms with Crippen molar-refractivity contribution in [2.75, 3.05) is 19.0 Å². The molecule has 0 saturated carbocycles. The Balaban J connectivity index is 2.76. The SMILES string of the molecule is COc1cncc(NC(C)(C)CN)n1. The summed E-state index contributed by atoms with van der Waals surface area (Å²) in [4.78, 5) is 8.16. The van der Waals surface area contributed by atoms with Crippen LogP contribution >= 0.6 is 0 Å². The molecule has 0 aliphatic rings. The Morgan fingerprint density at radius 1 is 1.50 bits per heavy atom. The number of rotatable bonds is 4. The van der Waals surface area contributed by atoms with Gasteiger partial charge in [-0.05, 0) is 13.8 Å². The van der Waals surface area contributed by atoms with Crippen LogP contribution < -0.4 is 15.8 Å². The summed E-state index contributed by atoms with van der Waals surface area (Å²) in [7, 11) is 1.56.